The average Bonchev–Trinajstić information content (AvgIpc) is 2.81. The van der Waals surface area contributed by atoms with Gasteiger partial charge in [0.2, 0.25) is 0 Å². The number of rotatable bonds is 14. The fourth-order valence-corrected chi connectivity index (χ4v) is 5.78. The highest BCUT2D eigenvalue weighted by atomic mass is 31.2. The van der Waals surface area contributed by atoms with E-state index in [1.165, 1.54) is 32.1 Å². The SMILES string of the molecule is CCOP(CCCCCCNc1c(Nc2ccncc2)c(=O)c1=O)NC1CCCCC1. The van der Waals surface area contributed by atoms with Gasteiger partial charge in [-0.05, 0) is 44.7 Å². The molecule has 3 rings (SSSR count). The lowest BCUT2D eigenvalue weighted by Gasteiger charge is -2.28. The summed E-state index contributed by atoms with van der Waals surface area (Å²) in [5, 5.41) is 9.92. The number of unbranched alkanes of at least 4 members (excludes halogenated alkanes) is 3. The zero-order valence-corrected chi connectivity index (χ0v) is 19.4. The maximum Gasteiger partial charge on any atom is 0.253 e. The van der Waals surface area contributed by atoms with Crippen molar-refractivity contribution in [2.24, 2.45) is 0 Å². The van der Waals surface area contributed by atoms with Gasteiger partial charge >= 0.3 is 0 Å². The minimum atomic E-state index is -0.521. The fourth-order valence-electron chi connectivity index (χ4n) is 3.96. The molecule has 0 saturated heterocycles. The summed E-state index contributed by atoms with van der Waals surface area (Å²) in [6, 6.07) is 4.17. The van der Waals surface area contributed by atoms with Crippen LogP contribution in [0.1, 0.15) is 64.7 Å². The van der Waals surface area contributed by atoms with Crippen LogP contribution < -0.4 is 26.6 Å². The molecule has 1 aromatic carbocycles. The van der Waals surface area contributed by atoms with Gasteiger partial charge in [0.05, 0.1) is 0 Å². The third-order valence-electron chi connectivity index (χ3n) is 5.67. The van der Waals surface area contributed by atoms with Crippen molar-refractivity contribution in [2.45, 2.75) is 70.8 Å². The summed E-state index contributed by atoms with van der Waals surface area (Å²) in [6.45, 7) is 3.53. The zero-order chi connectivity index (χ0) is 21.9. The molecule has 1 fully saturated rings. The van der Waals surface area contributed by atoms with Crippen LogP contribution in [0.25, 0.3) is 0 Å². The van der Waals surface area contributed by atoms with Crippen LogP contribution in [0.3, 0.4) is 0 Å². The first kappa shape index (κ1) is 23.8. The third kappa shape index (κ3) is 7.37. The summed E-state index contributed by atoms with van der Waals surface area (Å²) in [7, 11) is -0.521. The highest BCUT2D eigenvalue weighted by Crippen LogP contribution is 2.36. The van der Waals surface area contributed by atoms with E-state index in [0.717, 1.165) is 44.1 Å². The Hall–Kier alpha value is -1.82. The molecule has 0 amide bonds. The van der Waals surface area contributed by atoms with Gasteiger partial charge in [0.1, 0.15) is 19.7 Å². The maximum absolute atomic E-state index is 11.9. The van der Waals surface area contributed by atoms with Crippen LogP contribution in [0, 0.1) is 0 Å². The summed E-state index contributed by atoms with van der Waals surface area (Å²) < 4.78 is 5.96. The number of aromatic nitrogens is 1. The highest BCUT2D eigenvalue weighted by Gasteiger charge is 2.21. The smallest absolute Gasteiger partial charge is 0.253 e. The molecular weight excluding hydrogens is 411 g/mol. The standard InChI is InChI=1S/C23H35N4O3P/c1-2-30-31(27-19-10-6-5-7-11-19)17-9-4-3-8-14-25-20-21(23(29)22(20)28)26-18-12-15-24-16-13-18/h12-13,15-16,19,25,27H,2-11,14,17H2,1H3,(H,24,26). The second kappa shape index (κ2) is 12.9. The van der Waals surface area contributed by atoms with Crippen LogP contribution in [0.15, 0.2) is 34.1 Å². The largest absolute Gasteiger partial charge is 0.380 e. The lowest BCUT2D eigenvalue weighted by Crippen LogP contribution is -2.36. The van der Waals surface area contributed by atoms with Gasteiger partial charge in [-0.15, -0.1) is 0 Å². The zero-order valence-electron chi connectivity index (χ0n) is 18.5. The van der Waals surface area contributed by atoms with Crippen LogP contribution in [0.2, 0.25) is 0 Å². The van der Waals surface area contributed by atoms with Gasteiger partial charge in [0.25, 0.3) is 10.9 Å². The van der Waals surface area contributed by atoms with Crippen molar-refractivity contribution in [3.63, 3.8) is 0 Å². The first-order chi connectivity index (χ1) is 15.2. The van der Waals surface area contributed by atoms with Crippen molar-refractivity contribution in [3.05, 3.63) is 45.0 Å². The molecule has 31 heavy (non-hydrogen) atoms. The minimum absolute atomic E-state index is 0.354. The number of hydrogen-bond acceptors (Lipinski definition) is 7. The Morgan fingerprint density at radius 3 is 2.45 bits per heavy atom. The second-order valence-corrected chi connectivity index (χ2v) is 9.81. The number of hydrogen-bond donors (Lipinski definition) is 3. The molecule has 0 radical (unpaired) electrons. The molecule has 0 spiro atoms. The van der Waals surface area contributed by atoms with E-state index >= 15 is 0 Å². The van der Waals surface area contributed by atoms with E-state index in [1.54, 1.807) is 24.5 Å². The predicted molar refractivity (Wildman–Crippen MR) is 129 cm³/mol. The summed E-state index contributed by atoms with van der Waals surface area (Å²) >= 11 is 0. The molecule has 1 saturated carbocycles. The van der Waals surface area contributed by atoms with E-state index in [2.05, 4.69) is 27.6 Å². The molecule has 1 aromatic heterocycles. The molecule has 0 bridgehead atoms. The summed E-state index contributed by atoms with van der Waals surface area (Å²) in [5.74, 6) is 0. The quantitative estimate of drug-likeness (QED) is 0.221. The topological polar surface area (TPSA) is 92.3 Å². The molecule has 1 heterocycles. The van der Waals surface area contributed by atoms with Gasteiger partial charge in [-0.1, -0.05) is 32.1 Å². The predicted octanol–water partition coefficient (Wildman–Crippen LogP) is 4.66. The van der Waals surface area contributed by atoms with E-state index in [0.29, 0.717) is 24.0 Å². The Bertz CT molecular complexity index is 848. The van der Waals surface area contributed by atoms with E-state index in [-0.39, 0.29) is 0 Å². The van der Waals surface area contributed by atoms with Crippen molar-refractivity contribution >= 4 is 25.4 Å². The summed E-state index contributed by atoms with van der Waals surface area (Å²) in [5.41, 5.74) is 0.602. The van der Waals surface area contributed by atoms with E-state index in [9.17, 15) is 9.59 Å². The Morgan fingerprint density at radius 1 is 1.00 bits per heavy atom. The van der Waals surface area contributed by atoms with E-state index < -0.39 is 19.2 Å². The van der Waals surface area contributed by atoms with Gasteiger partial charge in [-0.3, -0.25) is 19.7 Å². The lowest BCUT2D eigenvalue weighted by molar-refractivity contribution is 0.351. The Morgan fingerprint density at radius 2 is 1.71 bits per heavy atom. The van der Waals surface area contributed by atoms with Crippen molar-refractivity contribution in [3.8, 4) is 0 Å². The number of nitrogens with one attached hydrogen (secondary N) is 3. The Balaban J connectivity index is 1.32. The van der Waals surface area contributed by atoms with E-state index in [1.807, 2.05) is 0 Å². The first-order valence-electron chi connectivity index (χ1n) is 11.6. The molecule has 1 atom stereocenters. The van der Waals surface area contributed by atoms with E-state index in [4.69, 9.17) is 4.52 Å². The second-order valence-electron chi connectivity index (χ2n) is 8.09. The molecule has 1 aliphatic rings. The van der Waals surface area contributed by atoms with Gasteiger partial charge in [0.15, 0.2) is 0 Å². The molecule has 2 aromatic rings. The van der Waals surface area contributed by atoms with Crippen LogP contribution in [0.4, 0.5) is 17.1 Å². The molecule has 170 valence electrons. The fraction of sp³-hybridized carbons (Fsp3) is 0.609. The first-order valence-corrected chi connectivity index (χ1v) is 13.0. The van der Waals surface area contributed by atoms with Crippen molar-refractivity contribution < 1.29 is 4.52 Å². The average molecular weight is 447 g/mol. The Labute approximate surface area is 186 Å². The molecule has 7 nitrogen and oxygen atoms in total. The molecule has 8 heteroatoms. The molecular formula is C23H35N4O3P. The molecule has 1 unspecified atom stereocenters. The summed E-state index contributed by atoms with van der Waals surface area (Å²) in [4.78, 5) is 27.7. The lowest BCUT2D eigenvalue weighted by atomic mass is 9.96. The molecule has 3 N–H and O–H groups in total. The van der Waals surface area contributed by atoms with Crippen molar-refractivity contribution in [2.75, 3.05) is 29.9 Å². The van der Waals surface area contributed by atoms with Gasteiger partial charge in [-0.25, -0.2) is 0 Å². The summed E-state index contributed by atoms with van der Waals surface area (Å²) in [6.07, 6.45) is 15.4. The number of nitrogens with zero attached hydrogens (tertiary/aromatic N) is 1. The minimum Gasteiger partial charge on any atom is -0.380 e. The van der Waals surface area contributed by atoms with Crippen LogP contribution in [-0.4, -0.2) is 30.3 Å². The monoisotopic (exact) mass is 446 g/mol. The molecule has 1 aliphatic carbocycles. The van der Waals surface area contributed by atoms with Crippen LogP contribution >= 0.6 is 8.30 Å². The van der Waals surface area contributed by atoms with Gasteiger partial charge in [-0.2, -0.15) is 0 Å². The van der Waals surface area contributed by atoms with Crippen molar-refractivity contribution in [1.82, 2.24) is 10.1 Å². The highest BCUT2D eigenvalue weighted by molar-refractivity contribution is 7.50. The van der Waals surface area contributed by atoms with Gasteiger partial charge in [0, 0.05) is 43.4 Å². The maximum atomic E-state index is 11.9. The van der Waals surface area contributed by atoms with Gasteiger partial charge < -0.3 is 15.2 Å². The third-order valence-corrected chi connectivity index (χ3v) is 7.61. The number of pyridine rings is 1. The van der Waals surface area contributed by atoms with Crippen LogP contribution in [0.5, 0.6) is 0 Å². The van der Waals surface area contributed by atoms with Crippen LogP contribution in [-0.2, 0) is 4.52 Å². The number of anilines is 3. The Kier molecular flexibility index (Phi) is 9.91. The molecule has 0 aliphatic heterocycles. The van der Waals surface area contributed by atoms with Crippen molar-refractivity contribution in [1.29, 1.82) is 0 Å². The normalized spacial score (nSPS) is 15.8.